The summed E-state index contributed by atoms with van der Waals surface area (Å²) in [4.78, 5) is 16.9. The standard InChI is InChI=1S/C34H46ClN7O4/c1-20-12-25-23(15-37-42(25)27-8-6-7-11-45-27)29(30(20)35)28-21(2)41(38-31(28)40-10-9-36-24-16-44-17-26(24)40)22-13-34(14-22)18-39(19-34)32(43)46-33(3,4)5/h12,15,22,24,26-27,36H,6-11,13-14,16-19H2,1-5H3. The van der Waals surface area contributed by atoms with E-state index in [-0.39, 0.29) is 35.9 Å². The molecule has 4 saturated heterocycles. The van der Waals surface area contributed by atoms with Crippen molar-refractivity contribution in [3.8, 4) is 11.1 Å². The molecule has 3 atom stereocenters. The Morgan fingerprint density at radius 2 is 1.93 bits per heavy atom. The van der Waals surface area contributed by atoms with Gasteiger partial charge in [-0.1, -0.05) is 11.6 Å². The van der Waals surface area contributed by atoms with E-state index in [1.165, 1.54) is 0 Å². The molecule has 0 radical (unpaired) electrons. The second kappa shape index (κ2) is 11.1. The van der Waals surface area contributed by atoms with Crippen LogP contribution in [0, 0.1) is 19.3 Å². The smallest absolute Gasteiger partial charge is 0.410 e. The first-order valence-corrected chi connectivity index (χ1v) is 17.3. The zero-order valence-corrected chi connectivity index (χ0v) is 28.4. The molecule has 1 amide bonds. The largest absolute Gasteiger partial charge is 0.444 e. The van der Waals surface area contributed by atoms with Crippen molar-refractivity contribution < 1.29 is 19.0 Å². The number of fused-ring (bicyclic) bond motifs is 2. The lowest BCUT2D eigenvalue weighted by Gasteiger charge is -2.58. The number of ether oxygens (including phenoxy) is 3. The number of likely N-dealkylation sites (tertiary alicyclic amines) is 1. The molecule has 3 unspecified atom stereocenters. The number of anilines is 1. The average Bonchev–Trinajstić information content (AvgIpc) is 3.70. The lowest BCUT2D eigenvalue weighted by molar-refractivity contribution is -0.0930. The molecule has 1 spiro atoms. The Kier molecular flexibility index (Phi) is 7.36. The van der Waals surface area contributed by atoms with Crippen LogP contribution in [-0.4, -0.2) is 94.2 Å². The Hall–Kier alpha value is -2.86. The van der Waals surface area contributed by atoms with Gasteiger partial charge in [0.1, 0.15) is 5.60 Å². The van der Waals surface area contributed by atoms with Crippen LogP contribution in [0.15, 0.2) is 12.3 Å². The van der Waals surface area contributed by atoms with Crippen molar-refractivity contribution in [2.45, 2.75) is 96.7 Å². The number of hydrogen-bond acceptors (Lipinski definition) is 8. The predicted octanol–water partition coefficient (Wildman–Crippen LogP) is 5.62. The summed E-state index contributed by atoms with van der Waals surface area (Å²) in [6.07, 6.45) is 6.82. The fourth-order valence-corrected chi connectivity index (χ4v) is 8.72. The number of carbonyl (C=O) groups is 1. The van der Waals surface area contributed by atoms with Gasteiger partial charge in [0.05, 0.1) is 48.1 Å². The molecule has 5 fully saturated rings. The number of aromatic nitrogens is 4. The highest BCUT2D eigenvalue weighted by Crippen LogP contribution is 2.56. The third-order valence-electron chi connectivity index (χ3n) is 10.7. The summed E-state index contributed by atoms with van der Waals surface area (Å²) in [5.41, 5.74) is 4.90. The Labute approximate surface area is 275 Å². The van der Waals surface area contributed by atoms with Gasteiger partial charge in [0.25, 0.3) is 0 Å². The summed E-state index contributed by atoms with van der Waals surface area (Å²) in [6, 6.07) is 2.88. The van der Waals surface area contributed by atoms with Crippen LogP contribution in [0.4, 0.5) is 10.6 Å². The molecule has 1 aromatic carbocycles. The number of carbonyl (C=O) groups excluding carboxylic acids is 1. The van der Waals surface area contributed by atoms with Crippen LogP contribution >= 0.6 is 11.6 Å². The highest BCUT2D eigenvalue weighted by Gasteiger charge is 2.56. The lowest BCUT2D eigenvalue weighted by atomic mass is 9.61. The monoisotopic (exact) mass is 651 g/mol. The van der Waals surface area contributed by atoms with E-state index >= 15 is 0 Å². The van der Waals surface area contributed by atoms with Crippen LogP contribution in [-0.2, 0) is 14.2 Å². The highest BCUT2D eigenvalue weighted by molar-refractivity contribution is 6.36. The molecule has 3 aromatic rings. The van der Waals surface area contributed by atoms with Crippen molar-refractivity contribution in [1.82, 2.24) is 29.8 Å². The molecule has 1 N–H and O–H groups in total. The Balaban J connectivity index is 1.17. The van der Waals surface area contributed by atoms with Crippen molar-refractivity contribution in [3.05, 3.63) is 28.5 Å². The van der Waals surface area contributed by atoms with E-state index in [2.05, 4.69) is 39.5 Å². The number of nitrogens with zero attached hydrogens (tertiary/aromatic N) is 6. The Bertz CT molecular complexity index is 1660. The van der Waals surface area contributed by atoms with Gasteiger partial charge < -0.3 is 29.3 Å². The fourth-order valence-electron chi connectivity index (χ4n) is 8.47. The van der Waals surface area contributed by atoms with Crippen LogP contribution in [0.5, 0.6) is 0 Å². The second-order valence-corrected chi connectivity index (χ2v) is 15.6. The maximum absolute atomic E-state index is 12.7. The quantitative estimate of drug-likeness (QED) is 0.388. The van der Waals surface area contributed by atoms with Gasteiger partial charge >= 0.3 is 6.09 Å². The average molecular weight is 652 g/mol. The van der Waals surface area contributed by atoms with E-state index in [1.807, 2.05) is 31.9 Å². The number of rotatable bonds is 4. The van der Waals surface area contributed by atoms with Crippen LogP contribution in [0.1, 0.15) is 76.4 Å². The number of halogens is 1. The number of benzene rings is 1. The first-order valence-electron chi connectivity index (χ1n) is 16.9. The Morgan fingerprint density at radius 3 is 2.67 bits per heavy atom. The second-order valence-electron chi connectivity index (χ2n) is 15.2. The molecule has 2 aromatic heterocycles. The van der Waals surface area contributed by atoms with Crippen molar-refractivity contribution >= 4 is 34.4 Å². The molecule has 11 nitrogen and oxygen atoms in total. The summed E-state index contributed by atoms with van der Waals surface area (Å²) in [5.74, 6) is 0.972. The van der Waals surface area contributed by atoms with E-state index in [1.54, 1.807) is 0 Å². The van der Waals surface area contributed by atoms with Gasteiger partial charge in [-0.15, -0.1) is 0 Å². The van der Waals surface area contributed by atoms with Gasteiger partial charge in [-0.3, -0.25) is 4.68 Å². The number of piperazine rings is 1. The molecular formula is C34H46ClN7O4. The highest BCUT2D eigenvalue weighted by atomic mass is 35.5. The maximum Gasteiger partial charge on any atom is 0.410 e. The number of amides is 1. The van der Waals surface area contributed by atoms with Crippen LogP contribution < -0.4 is 10.2 Å². The summed E-state index contributed by atoms with van der Waals surface area (Å²) in [5, 5.41) is 15.7. The molecule has 248 valence electrons. The molecule has 6 heterocycles. The lowest BCUT2D eigenvalue weighted by Crippen LogP contribution is -2.64. The summed E-state index contributed by atoms with van der Waals surface area (Å²) in [6.45, 7) is 15.3. The van der Waals surface area contributed by atoms with E-state index in [9.17, 15) is 4.79 Å². The van der Waals surface area contributed by atoms with E-state index in [0.717, 1.165) is 109 Å². The van der Waals surface area contributed by atoms with Gasteiger partial charge in [-0.25, -0.2) is 9.48 Å². The van der Waals surface area contributed by atoms with Crippen molar-refractivity contribution in [2.75, 3.05) is 50.9 Å². The normalized spacial score (nSPS) is 26.3. The molecular weight excluding hydrogens is 606 g/mol. The minimum Gasteiger partial charge on any atom is -0.444 e. The number of hydrogen-bond donors (Lipinski definition) is 1. The van der Waals surface area contributed by atoms with Crippen LogP contribution in [0.25, 0.3) is 22.0 Å². The summed E-state index contributed by atoms with van der Waals surface area (Å²) >= 11 is 7.29. The molecule has 5 aliphatic rings. The van der Waals surface area contributed by atoms with Gasteiger partial charge in [-0.2, -0.15) is 10.2 Å². The first kappa shape index (κ1) is 30.5. The third-order valence-corrected chi connectivity index (χ3v) is 11.2. The molecule has 4 aliphatic heterocycles. The molecule has 46 heavy (non-hydrogen) atoms. The van der Waals surface area contributed by atoms with Crippen molar-refractivity contribution in [2.24, 2.45) is 5.41 Å². The minimum absolute atomic E-state index is 0.0681. The maximum atomic E-state index is 12.7. The van der Waals surface area contributed by atoms with Crippen molar-refractivity contribution in [1.29, 1.82) is 0 Å². The van der Waals surface area contributed by atoms with Gasteiger partial charge in [0.2, 0.25) is 0 Å². The van der Waals surface area contributed by atoms with Crippen LogP contribution in [0.3, 0.4) is 0 Å². The third kappa shape index (κ3) is 5.00. The molecule has 1 aliphatic carbocycles. The number of nitrogens with one attached hydrogen (secondary N) is 1. The fraction of sp³-hybridized carbons (Fsp3) is 0.676. The van der Waals surface area contributed by atoms with E-state index in [4.69, 9.17) is 36.0 Å². The molecule has 8 rings (SSSR count). The Morgan fingerprint density at radius 1 is 1.13 bits per heavy atom. The van der Waals surface area contributed by atoms with Gasteiger partial charge in [-0.05, 0) is 78.4 Å². The number of aryl methyl sites for hydroxylation is 1. The molecule has 12 heteroatoms. The zero-order chi connectivity index (χ0) is 32.0. The molecule has 0 bridgehead atoms. The van der Waals surface area contributed by atoms with Gasteiger partial charge in [0, 0.05) is 60.4 Å². The predicted molar refractivity (Wildman–Crippen MR) is 177 cm³/mol. The summed E-state index contributed by atoms with van der Waals surface area (Å²) in [7, 11) is 0. The zero-order valence-electron chi connectivity index (χ0n) is 27.6. The molecule has 1 saturated carbocycles. The minimum atomic E-state index is -0.489. The van der Waals surface area contributed by atoms with Crippen LogP contribution in [0.2, 0.25) is 5.02 Å². The van der Waals surface area contributed by atoms with Gasteiger partial charge in [0.15, 0.2) is 12.0 Å². The van der Waals surface area contributed by atoms with Crippen molar-refractivity contribution in [3.63, 3.8) is 0 Å². The van der Waals surface area contributed by atoms with E-state index < -0.39 is 5.60 Å². The topological polar surface area (TPSA) is 98.9 Å². The SMILES string of the molecule is Cc1cc2c(cnn2C2CCCCO2)c(-c2c(N3CCNC4COCC43)nn(C3CC4(C3)CN(C(=O)OC(C)(C)C)C4)c2C)c1Cl. The van der Waals surface area contributed by atoms with E-state index in [0.29, 0.717) is 13.2 Å². The summed E-state index contributed by atoms with van der Waals surface area (Å²) < 4.78 is 22.0. The first-order chi connectivity index (χ1) is 22.0.